The van der Waals surface area contributed by atoms with Crippen LogP contribution in [-0.4, -0.2) is 58.7 Å². The Kier molecular flexibility index (Phi) is 7.53. The number of piperazine rings is 1. The molecule has 0 atom stereocenters. The second kappa shape index (κ2) is 10.5. The van der Waals surface area contributed by atoms with Crippen LogP contribution >= 0.6 is 11.6 Å². The van der Waals surface area contributed by atoms with Crippen LogP contribution in [0.3, 0.4) is 0 Å². The van der Waals surface area contributed by atoms with E-state index in [2.05, 4.69) is 11.0 Å². The van der Waals surface area contributed by atoms with E-state index in [1.807, 2.05) is 24.3 Å². The number of carbonyl (C=O) groups is 2. The molecule has 2 heterocycles. The third kappa shape index (κ3) is 5.54. The van der Waals surface area contributed by atoms with Crippen molar-refractivity contribution >= 4 is 23.4 Å². The Bertz CT molecular complexity index is 930. The van der Waals surface area contributed by atoms with Crippen molar-refractivity contribution in [2.45, 2.75) is 58.2 Å². The largest absolute Gasteiger partial charge is 0.455 e. The van der Waals surface area contributed by atoms with Gasteiger partial charge in [-0.1, -0.05) is 49.1 Å². The van der Waals surface area contributed by atoms with Crippen molar-refractivity contribution in [1.82, 2.24) is 14.7 Å². The Labute approximate surface area is 195 Å². The van der Waals surface area contributed by atoms with Crippen LogP contribution in [0.1, 0.15) is 60.9 Å². The quantitative estimate of drug-likeness (QED) is 0.637. The lowest BCUT2D eigenvalue weighted by Crippen LogP contribution is -2.50. The highest BCUT2D eigenvalue weighted by Crippen LogP contribution is 2.28. The van der Waals surface area contributed by atoms with Gasteiger partial charge < -0.3 is 14.2 Å². The third-order valence-electron chi connectivity index (χ3n) is 6.67. The molecule has 0 bridgehead atoms. The molecule has 1 saturated heterocycles. The van der Waals surface area contributed by atoms with Crippen LogP contribution < -0.4 is 0 Å². The summed E-state index contributed by atoms with van der Waals surface area (Å²) in [6, 6.07) is 12.2. The minimum Gasteiger partial charge on any atom is -0.455 e. The number of nitrogens with zero attached hydrogens (tertiary/aromatic N) is 3. The Morgan fingerprint density at radius 2 is 1.66 bits per heavy atom. The number of furan rings is 1. The fourth-order valence-electron chi connectivity index (χ4n) is 4.76. The normalized spacial score (nSPS) is 17.7. The zero-order chi connectivity index (χ0) is 22.5. The summed E-state index contributed by atoms with van der Waals surface area (Å²) in [4.78, 5) is 30.4. The van der Waals surface area contributed by atoms with Crippen LogP contribution in [0.2, 0.25) is 5.02 Å². The number of hydrogen-bond donors (Lipinski definition) is 0. The average molecular weight is 458 g/mol. The first-order chi connectivity index (χ1) is 15.5. The van der Waals surface area contributed by atoms with E-state index in [0.717, 1.165) is 22.9 Å². The summed E-state index contributed by atoms with van der Waals surface area (Å²) >= 11 is 6.45. The highest BCUT2D eigenvalue weighted by atomic mass is 35.5. The summed E-state index contributed by atoms with van der Waals surface area (Å²) in [6.07, 6.45) is 6.15. The van der Waals surface area contributed by atoms with E-state index in [9.17, 15) is 9.59 Å². The predicted octanol–water partition coefficient (Wildman–Crippen LogP) is 4.57. The van der Waals surface area contributed by atoms with Gasteiger partial charge in [-0.2, -0.15) is 0 Å². The molecule has 2 amide bonds. The van der Waals surface area contributed by atoms with Gasteiger partial charge in [0, 0.05) is 50.7 Å². The third-order valence-corrected chi connectivity index (χ3v) is 7.03. The predicted molar refractivity (Wildman–Crippen MR) is 124 cm³/mol. The van der Waals surface area contributed by atoms with Crippen molar-refractivity contribution < 1.29 is 14.0 Å². The maximum Gasteiger partial charge on any atom is 0.289 e. The molecule has 2 fully saturated rings. The van der Waals surface area contributed by atoms with Gasteiger partial charge in [-0.05, 0) is 36.6 Å². The summed E-state index contributed by atoms with van der Waals surface area (Å²) in [6.45, 7) is 5.20. The minimum absolute atomic E-state index is 0.0544. The van der Waals surface area contributed by atoms with Crippen LogP contribution in [0, 0.1) is 0 Å². The van der Waals surface area contributed by atoms with Gasteiger partial charge in [0.15, 0.2) is 5.76 Å². The first-order valence-electron chi connectivity index (χ1n) is 11.6. The molecule has 0 unspecified atom stereocenters. The Morgan fingerprint density at radius 1 is 0.969 bits per heavy atom. The second-order valence-corrected chi connectivity index (χ2v) is 9.26. The first kappa shape index (κ1) is 22.9. The molecular formula is C25H32ClN3O3. The molecule has 1 aliphatic heterocycles. The van der Waals surface area contributed by atoms with Crippen molar-refractivity contribution in [1.29, 1.82) is 0 Å². The highest BCUT2D eigenvalue weighted by Gasteiger charge is 2.27. The average Bonchev–Trinajstić information content (AvgIpc) is 3.29. The van der Waals surface area contributed by atoms with Gasteiger partial charge >= 0.3 is 0 Å². The van der Waals surface area contributed by atoms with Crippen molar-refractivity contribution in [2.24, 2.45) is 0 Å². The number of benzene rings is 1. The molecule has 7 heteroatoms. The highest BCUT2D eigenvalue weighted by molar-refractivity contribution is 6.31. The maximum absolute atomic E-state index is 12.9. The van der Waals surface area contributed by atoms with Gasteiger partial charge in [0.25, 0.3) is 5.91 Å². The number of rotatable bonds is 6. The van der Waals surface area contributed by atoms with Gasteiger partial charge in [0.1, 0.15) is 5.76 Å². The van der Waals surface area contributed by atoms with Crippen molar-refractivity contribution in [3.8, 4) is 0 Å². The van der Waals surface area contributed by atoms with Gasteiger partial charge in [-0.3, -0.25) is 14.5 Å². The van der Waals surface area contributed by atoms with Gasteiger partial charge in [0.05, 0.1) is 6.54 Å². The summed E-state index contributed by atoms with van der Waals surface area (Å²) in [5.41, 5.74) is 1.12. The standard InChI is InChI=1S/C25H32ClN3O3/c1-19(30)27-13-15-28(16-14-27)25(31)24-12-11-22(32-24)18-29(21-8-3-2-4-9-21)17-20-7-5-6-10-23(20)26/h5-7,10-12,21H,2-4,8-9,13-18H2,1H3. The molecule has 0 radical (unpaired) electrons. The molecule has 1 saturated carbocycles. The van der Waals surface area contributed by atoms with Crippen molar-refractivity contribution in [3.05, 3.63) is 58.5 Å². The molecular weight excluding hydrogens is 426 g/mol. The number of hydrogen-bond acceptors (Lipinski definition) is 4. The summed E-state index contributed by atoms with van der Waals surface area (Å²) in [5, 5.41) is 0.785. The van der Waals surface area contributed by atoms with Crippen LogP contribution in [0.4, 0.5) is 0 Å². The molecule has 0 spiro atoms. The monoisotopic (exact) mass is 457 g/mol. The van der Waals surface area contributed by atoms with E-state index in [1.54, 1.807) is 22.8 Å². The zero-order valence-corrected chi connectivity index (χ0v) is 19.5. The summed E-state index contributed by atoms with van der Waals surface area (Å²) in [7, 11) is 0. The van der Waals surface area contributed by atoms with E-state index in [4.69, 9.17) is 16.0 Å². The van der Waals surface area contributed by atoms with Gasteiger partial charge in [-0.15, -0.1) is 0 Å². The topological polar surface area (TPSA) is 57.0 Å². The fraction of sp³-hybridized carbons (Fsp3) is 0.520. The molecule has 1 aromatic heterocycles. The van der Waals surface area contributed by atoms with Crippen LogP contribution in [0.25, 0.3) is 0 Å². The lowest BCUT2D eigenvalue weighted by Gasteiger charge is -2.34. The fourth-order valence-corrected chi connectivity index (χ4v) is 4.96. The lowest BCUT2D eigenvalue weighted by atomic mass is 9.93. The molecule has 4 rings (SSSR count). The van der Waals surface area contributed by atoms with Gasteiger partial charge in [-0.25, -0.2) is 0 Å². The van der Waals surface area contributed by atoms with E-state index >= 15 is 0 Å². The number of halogens is 1. The molecule has 6 nitrogen and oxygen atoms in total. The molecule has 172 valence electrons. The number of carbonyl (C=O) groups excluding carboxylic acids is 2. The van der Waals surface area contributed by atoms with E-state index in [1.165, 1.54) is 32.1 Å². The van der Waals surface area contributed by atoms with E-state index in [-0.39, 0.29) is 11.8 Å². The second-order valence-electron chi connectivity index (χ2n) is 8.85. The molecule has 2 aliphatic rings. The SMILES string of the molecule is CC(=O)N1CCN(C(=O)c2ccc(CN(Cc3ccccc3Cl)C3CCCCC3)o2)CC1. The smallest absolute Gasteiger partial charge is 0.289 e. The lowest BCUT2D eigenvalue weighted by molar-refractivity contribution is -0.130. The van der Waals surface area contributed by atoms with Crippen molar-refractivity contribution in [2.75, 3.05) is 26.2 Å². The van der Waals surface area contributed by atoms with Crippen LogP contribution in [0.5, 0.6) is 0 Å². The first-order valence-corrected chi connectivity index (χ1v) is 12.0. The van der Waals surface area contributed by atoms with Crippen molar-refractivity contribution in [3.63, 3.8) is 0 Å². The molecule has 0 N–H and O–H groups in total. The van der Waals surface area contributed by atoms with Crippen LogP contribution in [0.15, 0.2) is 40.8 Å². The molecule has 32 heavy (non-hydrogen) atoms. The Hall–Kier alpha value is -2.31. The minimum atomic E-state index is -0.102. The van der Waals surface area contributed by atoms with E-state index in [0.29, 0.717) is 44.5 Å². The maximum atomic E-state index is 12.9. The zero-order valence-electron chi connectivity index (χ0n) is 18.8. The molecule has 1 aliphatic carbocycles. The number of amides is 2. The molecule has 1 aromatic carbocycles. The Morgan fingerprint density at radius 3 is 2.34 bits per heavy atom. The van der Waals surface area contributed by atoms with E-state index < -0.39 is 0 Å². The Balaban J connectivity index is 1.43. The van der Waals surface area contributed by atoms with Gasteiger partial charge in [0.2, 0.25) is 5.91 Å². The summed E-state index contributed by atoms with van der Waals surface area (Å²) in [5.74, 6) is 1.12. The summed E-state index contributed by atoms with van der Waals surface area (Å²) < 4.78 is 6.02. The molecule has 2 aromatic rings. The van der Waals surface area contributed by atoms with Crippen LogP contribution in [-0.2, 0) is 17.9 Å².